The Morgan fingerprint density at radius 3 is 3.10 bits per heavy atom. The third kappa shape index (κ3) is 1.43. The van der Waals surface area contributed by atoms with E-state index in [9.17, 15) is 0 Å². The number of aryl methyl sites for hydroxylation is 1. The first-order chi connectivity index (χ1) is 4.84. The zero-order chi connectivity index (χ0) is 7.40. The Balaban J connectivity index is 2.65. The fourth-order valence-electron chi connectivity index (χ4n) is 0.762. The van der Waals surface area contributed by atoms with Gasteiger partial charge in [-0.3, -0.25) is 5.10 Å². The molecule has 0 unspecified atom stereocenters. The van der Waals surface area contributed by atoms with E-state index in [4.69, 9.17) is 0 Å². The molecule has 3 heteroatoms. The van der Waals surface area contributed by atoms with Crippen LogP contribution in [-0.4, -0.2) is 23.5 Å². The first kappa shape index (κ1) is 6.99. The van der Waals surface area contributed by atoms with Gasteiger partial charge in [0.2, 0.25) is 0 Å². The number of hydrogen-bond acceptors (Lipinski definition) is 2. The number of hydrogen-bond donors (Lipinski definition) is 1. The topological polar surface area (TPSA) is 41.0 Å². The SMILES string of the molecule is CN=CCc1[nH]ncc1C. The molecule has 1 rings (SSSR count). The summed E-state index contributed by atoms with van der Waals surface area (Å²) in [6.45, 7) is 2.03. The highest BCUT2D eigenvalue weighted by Gasteiger charge is 1.95. The van der Waals surface area contributed by atoms with Crippen LogP contribution in [0.3, 0.4) is 0 Å². The molecule has 54 valence electrons. The summed E-state index contributed by atoms with van der Waals surface area (Å²) in [6.07, 6.45) is 4.53. The van der Waals surface area contributed by atoms with E-state index in [0.717, 1.165) is 12.1 Å². The molecule has 0 aliphatic heterocycles. The number of aromatic amines is 1. The minimum absolute atomic E-state index is 0.850. The van der Waals surface area contributed by atoms with Crippen LogP contribution in [0.2, 0.25) is 0 Å². The summed E-state index contributed by atoms with van der Waals surface area (Å²) in [5.41, 5.74) is 2.34. The summed E-state index contributed by atoms with van der Waals surface area (Å²) >= 11 is 0. The minimum Gasteiger partial charge on any atom is -0.300 e. The molecule has 1 aromatic rings. The molecular weight excluding hydrogens is 126 g/mol. The maximum Gasteiger partial charge on any atom is 0.0519 e. The molecule has 3 nitrogen and oxygen atoms in total. The number of rotatable bonds is 2. The molecule has 0 radical (unpaired) electrons. The van der Waals surface area contributed by atoms with Crippen molar-refractivity contribution in [3.05, 3.63) is 17.5 Å². The smallest absolute Gasteiger partial charge is 0.0519 e. The van der Waals surface area contributed by atoms with E-state index in [1.54, 1.807) is 7.05 Å². The van der Waals surface area contributed by atoms with Gasteiger partial charge in [0, 0.05) is 25.4 Å². The Labute approximate surface area is 60.2 Å². The molecule has 1 heterocycles. The highest BCUT2D eigenvalue weighted by atomic mass is 15.1. The first-order valence-corrected chi connectivity index (χ1v) is 3.24. The van der Waals surface area contributed by atoms with E-state index in [-0.39, 0.29) is 0 Å². The average Bonchev–Trinajstić information content (AvgIpc) is 2.31. The summed E-state index contributed by atoms with van der Waals surface area (Å²) in [5, 5.41) is 6.79. The molecule has 0 fully saturated rings. The molecule has 0 aliphatic carbocycles. The molecule has 0 aliphatic rings. The van der Waals surface area contributed by atoms with Crippen molar-refractivity contribution < 1.29 is 0 Å². The summed E-state index contributed by atoms with van der Waals surface area (Å²) in [6, 6.07) is 0. The quantitative estimate of drug-likeness (QED) is 0.606. The van der Waals surface area contributed by atoms with Gasteiger partial charge in [-0.25, -0.2) is 0 Å². The van der Waals surface area contributed by atoms with Crippen LogP contribution in [0.25, 0.3) is 0 Å². The second-order valence-electron chi connectivity index (χ2n) is 2.18. The summed E-state index contributed by atoms with van der Waals surface area (Å²) < 4.78 is 0. The third-order valence-electron chi connectivity index (χ3n) is 1.41. The van der Waals surface area contributed by atoms with Gasteiger partial charge < -0.3 is 4.99 Å². The Bertz CT molecular complexity index is 225. The predicted octanol–water partition coefficient (Wildman–Crippen LogP) is 0.961. The van der Waals surface area contributed by atoms with Gasteiger partial charge in [-0.2, -0.15) is 5.10 Å². The van der Waals surface area contributed by atoms with Gasteiger partial charge in [0.05, 0.1) is 6.20 Å². The van der Waals surface area contributed by atoms with E-state index in [0.29, 0.717) is 0 Å². The number of H-pyrrole nitrogens is 1. The van der Waals surface area contributed by atoms with E-state index in [1.807, 2.05) is 19.3 Å². The van der Waals surface area contributed by atoms with Crippen molar-refractivity contribution in [2.45, 2.75) is 13.3 Å². The molecule has 1 aromatic heterocycles. The molecule has 1 N–H and O–H groups in total. The van der Waals surface area contributed by atoms with Gasteiger partial charge >= 0.3 is 0 Å². The molecule has 0 saturated heterocycles. The van der Waals surface area contributed by atoms with Gasteiger partial charge in [0.25, 0.3) is 0 Å². The van der Waals surface area contributed by atoms with Crippen LogP contribution in [0.1, 0.15) is 11.3 Å². The summed E-state index contributed by atoms with van der Waals surface area (Å²) in [5.74, 6) is 0. The van der Waals surface area contributed by atoms with Crippen LogP contribution in [0, 0.1) is 6.92 Å². The van der Waals surface area contributed by atoms with Crippen LogP contribution < -0.4 is 0 Å². The Morgan fingerprint density at radius 1 is 1.80 bits per heavy atom. The van der Waals surface area contributed by atoms with Gasteiger partial charge in [0.1, 0.15) is 0 Å². The number of nitrogens with zero attached hydrogens (tertiary/aromatic N) is 2. The van der Waals surface area contributed by atoms with Gasteiger partial charge in [-0.05, 0) is 12.5 Å². The molecule has 0 bridgehead atoms. The summed E-state index contributed by atoms with van der Waals surface area (Å²) in [4.78, 5) is 3.88. The van der Waals surface area contributed by atoms with Crippen molar-refractivity contribution in [1.29, 1.82) is 0 Å². The molecule has 10 heavy (non-hydrogen) atoms. The Morgan fingerprint density at radius 2 is 2.60 bits per heavy atom. The van der Waals surface area contributed by atoms with Gasteiger partial charge in [-0.15, -0.1) is 0 Å². The molecule has 0 spiro atoms. The lowest BCUT2D eigenvalue weighted by molar-refractivity contribution is 1.02. The van der Waals surface area contributed by atoms with Crippen LogP contribution in [0.5, 0.6) is 0 Å². The van der Waals surface area contributed by atoms with Crippen molar-refractivity contribution in [2.75, 3.05) is 7.05 Å². The molecule has 0 aromatic carbocycles. The maximum absolute atomic E-state index is 3.89. The maximum atomic E-state index is 3.89. The fourth-order valence-corrected chi connectivity index (χ4v) is 0.762. The molecular formula is C7H11N3. The van der Waals surface area contributed by atoms with Gasteiger partial charge in [0.15, 0.2) is 0 Å². The highest BCUT2D eigenvalue weighted by Crippen LogP contribution is 2.00. The van der Waals surface area contributed by atoms with Crippen molar-refractivity contribution in [1.82, 2.24) is 10.2 Å². The van der Waals surface area contributed by atoms with Crippen molar-refractivity contribution in [3.8, 4) is 0 Å². The number of aliphatic imine (C=N–C) groups is 1. The van der Waals surface area contributed by atoms with E-state index in [1.165, 1.54) is 5.56 Å². The largest absolute Gasteiger partial charge is 0.300 e. The van der Waals surface area contributed by atoms with E-state index in [2.05, 4.69) is 15.2 Å². The molecule has 0 atom stereocenters. The first-order valence-electron chi connectivity index (χ1n) is 3.24. The van der Waals surface area contributed by atoms with E-state index >= 15 is 0 Å². The molecule has 0 saturated carbocycles. The highest BCUT2D eigenvalue weighted by molar-refractivity contribution is 5.60. The zero-order valence-electron chi connectivity index (χ0n) is 6.26. The van der Waals surface area contributed by atoms with E-state index < -0.39 is 0 Å². The predicted molar refractivity (Wildman–Crippen MR) is 41.4 cm³/mol. The Hall–Kier alpha value is -1.12. The second kappa shape index (κ2) is 3.15. The Kier molecular flexibility index (Phi) is 2.20. The zero-order valence-corrected chi connectivity index (χ0v) is 6.26. The fraction of sp³-hybridized carbons (Fsp3) is 0.429. The van der Waals surface area contributed by atoms with Gasteiger partial charge in [-0.1, -0.05) is 0 Å². The number of aromatic nitrogens is 2. The van der Waals surface area contributed by atoms with Crippen molar-refractivity contribution in [2.24, 2.45) is 4.99 Å². The average molecular weight is 137 g/mol. The summed E-state index contributed by atoms with van der Waals surface area (Å²) in [7, 11) is 1.77. The lowest BCUT2D eigenvalue weighted by atomic mass is 10.2. The van der Waals surface area contributed by atoms with Crippen LogP contribution >= 0.6 is 0 Å². The lowest BCUT2D eigenvalue weighted by Crippen LogP contribution is -1.88. The minimum atomic E-state index is 0.850. The normalized spacial score (nSPS) is 11.0. The number of nitrogens with one attached hydrogen (secondary N) is 1. The van der Waals surface area contributed by atoms with Crippen LogP contribution in [-0.2, 0) is 6.42 Å². The standard InChI is InChI=1S/C7H11N3/c1-6-5-9-10-7(6)3-4-8-2/h4-5H,3H2,1-2H3,(H,9,10). The monoisotopic (exact) mass is 137 g/mol. The van der Waals surface area contributed by atoms with Crippen molar-refractivity contribution >= 4 is 6.21 Å². The third-order valence-corrected chi connectivity index (χ3v) is 1.41. The molecule has 0 amide bonds. The second-order valence-corrected chi connectivity index (χ2v) is 2.18. The van der Waals surface area contributed by atoms with Crippen LogP contribution in [0.4, 0.5) is 0 Å². The van der Waals surface area contributed by atoms with Crippen molar-refractivity contribution in [3.63, 3.8) is 0 Å². The van der Waals surface area contributed by atoms with Crippen LogP contribution in [0.15, 0.2) is 11.2 Å². The lowest BCUT2D eigenvalue weighted by Gasteiger charge is -1.89.